The molecule has 2 N–H and O–H groups in total. The molecule has 2 aromatic carbocycles. The summed E-state index contributed by atoms with van der Waals surface area (Å²) in [6.07, 6.45) is 1.67. The summed E-state index contributed by atoms with van der Waals surface area (Å²) in [5, 5.41) is 6.82. The van der Waals surface area contributed by atoms with Gasteiger partial charge in [-0.3, -0.25) is 14.6 Å². The van der Waals surface area contributed by atoms with Gasteiger partial charge in [-0.2, -0.15) is 9.78 Å². The van der Waals surface area contributed by atoms with Gasteiger partial charge in [0.2, 0.25) is 0 Å². The van der Waals surface area contributed by atoms with Crippen molar-refractivity contribution in [1.82, 2.24) is 20.1 Å². The quantitative estimate of drug-likeness (QED) is 0.712. The summed E-state index contributed by atoms with van der Waals surface area (Å²) in [7, 11) is 0. The standard InChI is InChI=1S/C18H15ClN4O3/c19-15-7-6-13(23-18(26)22-16(24)11-21-23)10-14(15)17(25)20-9-8-12-4-2-1-3-5-12/h1-7,10-11H,8-9H2,(H,20,25)(H,22,24,26). The highest BCUT2D eigenvalue weighted by molar-refractivity contribution is 6.33. The zero-order chi connectivity index (χ0) is 18.5. The van der Waals surface area contributed by atoms with Gasteiger partial charge in [0.15, 0.2) is 0 Å². The van der Waals surface area contributed by atoms with E-state index in [0.29, 0.717) is 18.7 Å². The number of hydrogen-bond donors (Lipinski definition) is 2. The lowest BCUT2D eigenvalue weighted by Gasteiger charge is -2.09. The van der Waals surface area contributed by atoms with E-state index in [0.717, 1.165) is 16.4 Å². The van der Waals surface area contributed by atoms with Gasteiger partial charge in [-0.15, -0.1) is 0 Å². The van der Waals surface area contributed by atoms with E-state index < -0.39 is 11.2 Å². The Morgan fingerprint density at radius 3 is 2.65 bits per heavy atom. The van der Waals surface area contributed by atoms with Crippen molar-refractivity contribution >= 4 is 17.5 Å². The molecule has 0 saturated carbocycles. The van der Waals surface area contributed by atoms with Gasteiger partial charge in [0, 0.05) is 6.54 Å². The fourth-order valence-electron chi connectivity index (χ4n) is 2.42. The van der Waals surface area contributed by atoms with Gasteiger partial charge in [0.1, 0.15) is 6.20 Å². The highest BCUT2D eigenvalue weighted by Gasteiger charge is 2.13. The van der Waals surface area contributed by atoms with Crippen LogP contribution in [0.3, 0.4) is 0 Å². The first kappa shape index (κ1) is 17.6. The zero-order valence-corrected chi connectivity index (χ0v) is 14.4. The zero-order valence-electron chi connectivity index (χ0n) is 13.6. The van der Waals surface area contributed by atoms with Crippen molar-refractivity contribution in [3.63, 3.8) is 0 Å². The van der Waals surface area contributed by atoms with Gasteiger partial charge in [-0.1, -0.05) is 41.9 Å². The molecule has 1 aromatic heterocycles. The number of hydrogen-bond acceptors (Lipinski definition) is 4. The number of carbonyl (C=O) groups excluding carboxylic acids is 1. The van der Waals surface area contributed by atoms with Crippen LogP contribution in [0.15, 0.2) is 64.3 Å². The van der Waals surface area contributed by atoms with Gasteiger partial charge in [-0.05, 0) is 30.2 Å². The largest absolute Gasteiger partial charge is 0.352 e. The minimum Gasteiger partial charge on any atom is -0.352 e. The lowest BCUT2D eigenvalue weighted by atomic mass is 10.1. The Bertz CT molecular complexity index is 1040. The lowest BCUT2D eigenvalue weighted by molar-refractivity contribution is 0.0954. The van der Waals surface area contributed by atoms with Crippen LogP contribution in [0.5, 0.6) is 0 Å². The summed E-state index contributed by atoms with van der Waals surface area (Å²) in [5.41, 5.74) is 0.354. The first-order valence-electron chi connectivity index (χ1n) is 7.85. The maximum absolute atomic E-state index is 12.4. The van der Waals surface area contributed by atoms with Crippen molar-refractivity contribution in [3.05, 3.63) is 91.7 Å². The van der Waals surface area contributed by atoms with Crippen LogP contribution in [0, 0.1) is 0 Å². The molecule has 1 heterocycles. The van der Waals surface area contributed by atoms with Crippen molar-refractivity contribution in [2.24, 2.45) is 0 Å². The summed E-state index contributed by atoms with van der Waals surface area (Å²) < 4.78 is 0.985. The number of benzene rings is 2. The van der Waals surface area contributed by atoms with Gasteiger partial charge in [-0.25, -0.2) is 4.79 Å². The van der Waals surface area contributed by atoms with Gasteiger partial charge in [0.25, 0.3) is 11.5 Å². The van der Waals surface area contributed by atoms with E-state index in [9.17, 15) is 14.4 Å². The summed E-state index contributed by atoms with van der Waals surface area (Å²) >= 11 is 6.11. The average Bonchev–Trinajstić information content (AvgIpc) is 2.63. The number of nitrogens with one attached hydrogen (secondary N) is 2. The Hall–Kier alpha value is -3.19. The van der Waals surface area contributed by atoms with Crippen molar-refractivity contribution in [1.29, 1.82) is 0 Å². The number of aromatic amines is 1. The number of amides is 1. The van der Waals surface area contributed by atoms with Gasteiger partial charge in [0.05, 0.1) is 16.3 Å². The lowest BCUT2D eigenvalue weighted by Crippen LogP contribution is -2.31. The predicted octanol–water partition coefficient (Wildman–Crippen LogP) is 1.55. The molecular formula is C18H15ClN4O3. The summed E-state index contributed by atoms with van der Waals surface area (Å²) in [6.45, 7) is 0.445. The van der Waals surface area contributed by atoms with Crippen LogP contribution in [0.4, 0.5) is 0 Å². The maximum Gasteiger partial charge on any atom is 0.349 e. The maximum atomic E-state index is 12.4. The number of nitrogens with zero attached hydrogens (tertiary/aromatic N) is 2. The molecule has 0 spiro atoms. The molecule has 0 aliphatic rings. The molecule has 0 atom stereocenters. The van der Waals surface area contributed by atoms with Crippen LogP contribution in [0.25, 0.3) is 5.69 Å². The van der Waals surface area contributed by atoms with E-state index in [-0.39, 0.29) is 16.5 Å². The number of rotatable bonds is 5. The number of halogens is 1. The SMILES string of the molecule is O=C(NCCc1ccccc1)c1cc(-n2ncc(=O)[nH]c2=O)ccc1Cl. The molecule has 0 aliphatic heterocycles. The van der Waals surface area contributed by atoms with E-state index in [4.69, 9.17) is 11.6 Å². The van der Waals surface area contributed by atoms with E-state index in [1.807, 2.05) is 30.3 Å². The average molecular weight is 371 g/mol. The second-order valence-electron chi connectivity index (χ2n) is 5.51. The first-order valence-corrected chi connectivity index (χ1v) is 8.23. The van der Waals surface area contributed by atoms with Crippen molar-refractivity contribution in [3.8, 4) is 5.69 Å². The third kappa shape index (κ3) is 4.07. The highest BCUT2D eigenvalue weighted by atomic mass is 35.5. The summed E-state index contributed by atoms with van der Waals surface area (Å²) in [5.74, 6) is -0.356. The number of H-pyrrole nitrogens is 1. The minimum absolute atomic E-state index is 0.220. The Labute approximate surface area is 153 Å². The molecule has 0 aliphatic carbocycles. The molecule has 3 aromatic rings. The third-order valence-corrected chi connectivity index (χ3v) is 4.02. The molecule has 132 valence electrons. The monoisotopic (exact) mass is 370 g/mol. The fourth-order valence-corrected chi connectivity index (χ4v) is 2.62. The summed E-state index contributed by atoms with van der Waals surface area (Å²) in [4.78, 5) is 37.5. The van der Waals surface area contributed by atoms with Crippen molar-refractivity contribution in [2.75, 3.05) is 6.54 Å². The fraction of sp³-hybridized carbons (Fsp3) is 0.111. The minimum atomic E-state index is -0.699. The molecule has 7 nitrogen and oxygen atoms in total. The van der Waals surface area contributed by atoms with Crippen LogP contribution < -0.4 is 16.6 Å². The smallest absolute Gasteiger partial charge is 0.349 e. The Morgan fingerprint density at radius 2 is 1.92 bits per heavy atom. The number of carbonyl (C=O) groups is 1. The molecule has 8 heteroatoms. The molecular weight excluding hydrogens is 356 g/mol. The number of aromatic nitrogens is 3. The van der Waals surface area contributed by atoms with E-state index in [2.05, 4.69) is 15.4 Å². The van der Waals surface area contributed by atoms with Gasteiger partial charge < -0.3 is 5.32 Å². The normalized spacial score (nSPS) is 10.5. The Balaban J connectivity index is 1.77. The Kier molecular flexibility index (Phi) is 5.28. The molecule has 0 fully saturated rings. The van der Waals surface area contributed by atoms with Crippen LogP contribution in [-0.4, -0.2) is 27.2 Å². The predicted molar refractivity (Wildman–Crippen MR) is 97.9 cm³/mol. The first-order chi connectivity index (χ1) is 12.5. The molecule has 3 rings (SSSR count). The molecule has 0 radical (unpaired) electrons. The molecule has 0 unspecified atom stereocenters. The molecule has 0 bridgehead atoms. The van der Waals surface area contributed by atoms with Crippen LogP contribution in [0.2, 0.25) is 5.02 Å². The Morgan fingerprint density at radius 1 is 1.15 bits per heavy atom. The second-order valence-corrected chi connectivity index (χ2v) is 5.91. The molecule has 0 saturated heterocycles. The molecule has 1 amide bonds. The topological polar surface area (TPSA) is 96.8 Å². The van der Waals surface area contributed by atoms with E-state index in [1.54, 1.807) is 0 Å². The van der Waals surface area contributed by atoms with Crippen molar-refractivity contribution < 1.29 is 4.79 Å². The summed E-state index contributed by atoms with van der Waals surface area (Å²) in [6, 6.07) is 14.3. The van der Waals surface area contributed by atoms with Crippen LogP contribution >= 0.6 is 11.6 Å². The second kappa shape index (κ2) is 7.79. The van der Waals surface area contributed by atoms with Crippen LogP contribution in [0.1, 0.15) is 15.9 Å². The third-order valence-electron chi connectivity index (χ3n) is 3.69. The highest BCUT2D eigenvalue weighted by Crippen LogP contribution is 2.19. The molecule has 26 heavy (non-hydrogen) atoms. The van der Waals surface area contributed by atoms with Crippen LogP contribution in [-0.2, 0) is 6.42 Å². The van der Waals surface area contributed by atoms with E-state index in [1.165, 1.54) is 18.2 Å². The van der Waals surface area contributed by atoms with Crippen molar-refractivity contribution in [2.45, 2.75) is 6.42 Å². The van der Waals surface area contributed by atoms with E-state index >= 15 is 0 Å². The van der Waals surface area contributed by atoms with Gasteiger partial charge >= 0.3 is 5.69 Å².